The first-order valence-electron chi connectivity index (χ1n) is 10.4. The Labute approximate surface area is 167 Å². The molecule has 1 aromatic carbocycles. The van der Waals surface area contributed by atoms with Crippen molar-refractivity contribution in [3.8, 4) is 0 Å². The topological polar surface area (TPSA) is 67.2 Å². The SMILES string of the molecule is CCCCCn1nc(C(=O)NCCN(C(C)C)C(C)C)c2ccccc2c1=O. The van der Waals surface area contributed by atoms with E-state index in [1.54, 1.807) is 12.1 Å². The smallest absolute Gasteiger partial charge is 0.274 e. The van der Waals surface area contributed by atoms with E-state index in [1.807, 2.05) is 12.1 Å². The summed E-state index contributed by atoms with van der Waals surface area (Å²) in [5.74, 6) is -0.229. The predicted octanol–water partition coefficient (Wildman–Crippen LogP) is 3.44. The van der Waals surface area contributed by atoms with Gasteiger partial charge in [0, 0.05) is 37.1 Å². The quantitative estimate of drug-likeness (QED) is 0.635. The van der Waals surface area contributed by atoms with Crippen LogP contribution in [0.1, 0.15) is 64.4 Å². The summed E-state index contributed by atoms with van der Waals surface area (Å²) in [6, 6.07) is 8.05. The van der Waals surface area contributed by atoms with E-state index in [4.69, 9.17) is 0 Å². The van der Waals surface area contributed by atoms with E-state index in [9.17, 15) is 9.59 Å². The lowest BCUT2D eigenvalue weighted by atomic mass is 10.1. The zero-order chi connectivity index (χ0) is 20.7. The van der Waals surface area contributed by atoms with E-state index < -0.39 is 0 Å². The molecule has 2 aromatic rings. The Bertz CT molecular complexity index is 834. The first-order valence-corrected chi connectivity index (χ1v) is 10.4. The molecule has 2 rings (SSSR count). The number of hydrogen-bond acceptors (Lipinski definition) is 4. The van der Waals surface area contributed by atoms with Crippen molar-refractivity contribution >= 4 is 16.7 Å². The van der Waals surface area contributed by atoms with Crippen molar-refractivity contribution in [2.75, 3.05) is 13.1 Å². The summed E-state index contributed by atoms with van der Waals surface area (Å²) in [4.78, 5) is 27.9. The predicted molar refractivity (Wildman–Crippen MR) is 115 cm³/mol. The van der Waals surface area contributed by atoms with Gasteiger partial charge in [-0.2, -0.15) is 5.10 Å². The number of unbranched alkanes of at least 4 members (excludes halogenated alkanes) is 2. The number of rotatable bonds is 10. The molecule has 0 atom stereocenters. The maximum absolute atomic E-state index is 12.9. The molecular formula is C22H34N4O2. The van der Waals surface area contributed by atoms with Crippen LogP contribution >= 0.6 is 0 Å². The van der Waals surface area contributed by atoms with E-state index in [0.717, 1.165) is 25.8 Å². The number of aryl methyl sites for hydroxylation is 1. The zero-order valence-corrected chi connectivity index (χ0v) is 17.9. The number of nitrogens with zero attached hydrogens (tertiary/aromatic N) is 3. The summed E-state index contributed by atoms with van der Waals surface area (Å²) in [6.07, 6.45) is 2.97. The standard InChI is InChI=1S/C22H34N4O2/c1-6-7-10-14-26-22(28)19-12-9-8-11-18(19)20(24-26)21(27)23-13-15-25(16(2)3)17(4)5/h8-9,11-12,16-17H,6-7,10,13-15H2,1-5H3,(H,23,27). The lowest BCUT2D eigenvalue weighted by molar-refractivity contribution is 0.0934. The van der Waals surface area contributed by atoms with Crippen molar-refractivity contribution in [3.63, 3.8) is 0 Å². The average Bonchev–Trinajstić information content (AvgIpc) is 2.66. The van der Waals surface area contributed by atoms with E-state index in [-0.39, 0.29) is 11.5 Å². The maximum atomic E-state index is 12.9. The highest BCUT2D eigenvalue weighted by Gasteiger charge is 2.18. The molecule has 0 saturated carbocycles. The summed E-state index contributed by atoms with van der Waals surface area (Å²) in [7, 11) is 0. The van der Waals surface area contributed by atoms with Gasteiger partial charge in [0.2, 0.25) is 0 Å². The van der Waals surface area contributed by atoms with Crippen LogP contribution in [0.3, 0.4) is 0 Å². The summed E-state index contributed by atoms with van der Waals surface area (Å²) < 4.78 is 1.45. The summed E-state index contributed by atoms with van der Waals surface area (Å²) in [5.41, 5.74) is 0.196. The number of carbonyl (C=O) groups excluding carboxylic acids is 1. The Morgan fingerprint density at radius 3 is 2.36 bits per heavy atom. The van der Waals surface area contributed by atoms with Crippen LogP contribution in [0.15, 0.2) is 29.1 Å². The Hall–Kier alpha value is -2.21. The van der Waals surface area contributed by atoms with Crippen LogP contribution in [0.5, 0.6) is 0 Å². The Balaban J connectivity index is 2.23. The highest BCUT2D eigenvalue weighted by atomic mass is 16.2. The lowest BCUT2D eigenvalue weighted by Gasteiger charge is -2.30. The van der Waals surface area contributed by atoms with Gasteiger partial charge < -0.3 is 5.32 Å². The minimum atomic E-state index is -0.229. The van der Waals surface area contributed by atoms with Crippen LogP contribution in [0.25, 0.3) is 10.8 Å². The van der Waals surface area contributed by atoms with Gasteiger partial charge in [0.25, 0.3) is 11.5 Å². The first kappa shape index (κ1) is 22.1. The number of amides is 1. The van der Waals surface area contributed by atoms with E-state index in [2.05, 4.69) is 49.9 Å². The molecule has 6 heteroatoms. The van der Waals surface area contributed by atoms with Crippen LogP contribution in [-0.2, 0) is 6.54 Å². The molecule has 6 nitrogen and oxygen atoms in total. The molecular weight excluding hydrogens is 352 g/mol. The highest BCUT2D eigenvalue weighted by Crippen LogP contribution is 2.13. The molecule has 0 bridgehead atoms. The monoisotopic (exact) mass is 386 g/mol. The first-order chi connectivity index (χ1) is 13.4. The van der Waals surface area contributed by atoms with Gasteiger partial charge in [-0.1, -0.05) is 38.0 Å². The second-order valence-corrected chi connectivity index (χ2v) is 7.81. The van der Waals surface area contributed by atoms with Gasteiger partial charge in [0.15, 0.2) is 5.69 Å². The maximum Gasteiger partial charge on any atom is 0.274 e. The summed E-state index contributed by atoms with van der Waals surface area (Å²) >= 11 is 0. The second-order valence-electron chi connectivity index (χ2n) is 7.81. The van der Waals surface area contributed by atoms with Gasteiger partial charge in [-0.3, -0.25) is 14.5 Å². The second kappa shape index (κ2) is 10.4. The molecule has 0 saturated heterocycles. The van der Waals surface area contributed by atoms with Crippen LogP contribution in [0.4, 0.5) is 0 Å². The van der Waals surface area contributed by atoms with E-state index >= 15 is 0 Å². The molecule has 0 aliphatic rings. The number of carbonyl (C=O) groups is 1. The molecule has 0 spiro atoms. The average molecular weight is 387 g/mol. The van der Waals surface area contributed by atoms with Crippen LogP contribution in [0, 0.1) is 0 Å². The Morgan fingerprint density at radius 1 is 1.11 bits per heavy atom. The number of fused-ring (bicyclic) bond motifs is 1. The van der Waals surface area contributed by atoms with Gasteiger partial charge in [-0.15, -0.1) is 0 Å². The molecule has 154 valence electrons. The van der Waals surface area contributed by atoms with Crippen LogP contribution < -0.4 is 10.9 Å². The number of benzene rings is 1. The molecule has 0 radical (unpaired) electrons. The number of hydrogen-bond donors (Lipinski definition) is 1. The molecule has 0 unspecified atom stereocenters. The van der Waals surface area contributed by atoms with Gasteiger partial charge in [0.1, 0.15) is 0 Å². The third kappa shape index (κ3) is 5.41. The lowest BCUT2D eigenvalue weighted by Crippen LogP contribution is -2.42. The van der Waals surface area contributed by atoms with Crippen molar-refractivity contribution in [2.45, 2.75) is 72.5 Å². The minimum absolute atomic E-state index is 0.131. The molecule has 1 heterocycles. The third-order valence-corrected chi connectivity index (χ3v) is 5.04. The van der Waals surface area contributed by atoms with Crippen LogP contribution in [-0.4, -0.2) is 45.8 Å². The van der Waals surface area contributed by atoms with Crippen molar-refractivity contribution < 1.29 is 4.79 Å². The normalized spacial score (nSPS) is 11.7. The molecule has 0 aliphatic heterocycles. The third-order valence-electron chi connectivity index (χ3n) is 5.04. The highest BCUT2D eigenvalue weighted by molar-refractivity contribution is 6.04. The number of nitrogens with one attached hydrogen (secondary N) is 1. The Kier molecular flexibility index (Phi) is 8.18. The van der Waals surface area contributed by atoms with Crippen molar-refractivity contribution in [3.05, 3.63) is 40.3 Å². The van der Waals surface area contributed by atoms with Crippen LogP contribution in [0.2, 0.25) is 0 Å². The zero-order valence-electron chi connectivity index (χ0n) is 17.9. The molecule has 0 aliphatic carbocycles. The minimum Gasteiger partial charge on any atom is -0.349 e. The van der Waals surface area contributed by atoms with Gasteiger partial charge in [-0.25, -0.2) is 4.68 Å². The molecule has 1 aromatic heterocycles. The van der Waals surface area contributed by atoms with E-state index in [1.165, 1.54) is 4.68 Å². The van der Waals surface area contributed by atoms with Crippen molar-refractivity contribution in [1.82, 2.24) is 20.0 Å². The molecule has 28 heavy (non-hydrogen) atoms. The fraction of sp³-hybridized carbons (Fsp3) is 0.591. The fourth-order valence-corrected chi connectivity index (χ4v) is 3.56. The summed E-state index contributed by atoms with van der Waals surface area (Å²) in [6.45, 7) is 12.6. The number of aromatic nitrogens is 2. The molecule has 1 amide bonds. The Morgan fingerprint density at radius 2 is 1.75 bits per heavy atom. The van der Waals surface area contributed by atoms with Gasteiger partial charge >= 0.3 is 0 Å². The van der Waals surface area contributed by atoms with Crippen molar-refractivity contribution in [2.24, 2.45) is 0 Å². The molecule has 0 fully saturated rings. The van der Waals surface area contributed by atoms with Gasteiger partial charge in [0.05, 0.1) is 5.39 Å². The van der Waals surface area contributed by atoms with Gasteiger partial charge in [-0.05, 0) is 40.2 Å². The summed E-state index contributed by atoms with van der Waals surface area (Å²) in [5, 5.41) is 8.56. The van der Waals surface area contributed by atoms with E-state index in [0.29, 0.717) is 41.6 Å². The largest absolute Gasteiger partial charge is 0.349 e. The molecule has 1 N–H and O–H groups in total. The van der Waals surface area contributed by atoms with Crippen molar-refractivity contribution in [1.29, 1.82) is 0 Å². The fourth-order valence-electron chi connectivity index (χ4n) is 3.56.